The Bertz CT molecular complexity index is 847. The molecular weight excluding hydrogens is 402 g/mol. The smallest absolute Gasteiger partial charge is 0.224 e. The third-order valence-electron chi connectivity index (χ3n) is 4.80. The zero-order chi connectivity index (χ0) is 20.1. The molecule has 1 fully saturated rings. The monoisotopic (exact) mass is 424 g/mol. The van der Waals surface area contributed by atoms with E-state index in [1.807, 2.05) is 12.1 Å². The van der Waals surface area contributed by atoms with Crippen molar-refractivity contribution < 1.29 is 13.9 Å². The van der Waals surface area contributed by atoms with E-state index in [9.17, 15) is 9.18 Å². The average Bonchev–Trinajstić information content (AvgIpc) is 2.66. The molecule has 1 heterocycles. The second kappa shape index (κ2) is 9.70. The molecule has 1 aliphatic heterocycles. The van der Waals surface area contributed by atoms with Gasteiger partial charge in [0.15, 0.2) is 0 Å². The van der Waals surface area contributed by atoms with E-state index < -0.39 is 0 Å². The summed E-state index contributed by atoms with van der Waals surface area (Å²) < 4.78 is 19.0. The average molecular weight is 425 g/mol. The van der Waals surface area contributed by atoms with Crippen LogP contribution < -0.4 is 5.32 Å². The Morgan fingerprint density at radius 3 is 2.82 bits per heavy atom. The van der Waals surface area contributed by atoms with E-state index in [1.54, 1.807) is 19.1 Å². The van der Waals surface area contributed by atoms with Crippen LogP contribution in [0.15, 0.2) is 36.4 Å². The lowest BCUT2D eigenvalue weighted by molar-refractivity contribution is -0.121. The molecule has 0 aliphatic carbocycles. The third kappa shape index (κ3) is 5.92. The van der Waals surface area contributed by atoms with Crippen molar-refractivity contribution in [2.75, 3.05) is 26.2 Å². The SMILES string of the molecule is Cc1cc(F)ccc1CC(=O)NCC1CN(Cc2ccc(Cl)c(Cl)c2)CCO1. The fraction of sp³-hybridized carbons (Fsp3) is 0.381. The number of carbonyl (C=O) groups excluding carboxylic acids is 1. The van der Waals surface area contributed by atoms with Gasteiger partial charge in [-0.25, -0.2) is 4.39 Å². The van der Waals surface area contributed by atoms with Gasteiger partial charge < -0.3 is 10.1 Å². The normalized spacial score (nSPS) is 17.5. The molecule has 0 bridgehead atoms. The first-order valence-electron chi connectivity index (χ1n) is 9.20. The van der Waals surface area contributed by atoms with Gasteiger partial charge in [-0.1, -0.05) is 35.3 Å². The Hall–Kier alpha value is -1.66. The molecule has 2 aromatic carbocycles. The van der Waals surface area contributed by atoms with Gasteiger partial charge in [-0.3, -0.25) is 9.69 Å². The first-order chi connectivity index (χ1) is 13.4. The molecule has 4 nitrogen and oxygen atoms in total. The zero-order valence-electron chi connectivity index (χ0n) is 15.7. The Balaban J connectivity index is 1.47. The van der Waals surface area contributed by atoms with Crippen LogP contribution >= 0.6 is 23.2 Å². The van der Waals surface area contributed by atoms with Crippen molar-refractivity contribution in [1.82, 2.24) is 10.2 Å². The fourth-order valence-corrected chi connectivity index (χ4v) is 3.59. The van der Waals surface area contributed by atoms with E-state index in [0.717, 1.165) is 36.3 Å². The molecule has 150 valence electrons. The number of aryl methyl sites for hydroxylation is 1. The van der Waals surface area contributed by atoms with Crippen LogP contribution in [0.1, 0.15) is 16.7 Å². The minimum atomic E-state index is -0.292. The maximum absolute atomic E-state index is 13.2. The summed E-state index contributed by atoms with van der Waals surface area (Å²) in [5.74, 6) is -0.390. The maximum atomic E-state index is 13.2. The van der Waals surface area contributed by atoms with E-state index in [0.29, 0.717) is 23.2 Å². The number of amides is 1. The molecule has 0 aromatic heterocycles. The molecule has 1 N–H and O–H groups in total. The fourth-order valence-electron chi connectivity index (χ4n) is 3.26. The largest absolute Gasteiger partial charge is 0.374 e. The summed E-state index contributed by atoms with van der Waals surface area (Å²) in [6.45, 7) is 5.14. The lowest BCUT2D eigenvalue weighted by Gasteiger charge is -2.33. The van der Waals surface area contributed by atoms with Gasteiger partial charge in [0.1, 0.15) is 5.82 Å². The third-order valence-corrected chi connectivity index (χ3v) is 5.53. The van der Waals surface area contributed by atoms with Gasteiger partial charge >= 0.3 is 0 Å². The Kier molecular flexibility index (Phi) is 7.30. The number of hydrogen-bond acceptors (Lipinski definition) is 3. The molecule has 0 radical (unpaired) electrons. The highest BCUT2D eigenvalue weighted by Gasteiger charge is 2.21. The van der Waals surface area contributed by atoms with Crippen LogP contribution in [0.2, 0.25) is 10.0 Å². The van der Waals surface area contributed by atoms with Crippen LogP contribution in [0.5, 0.6) is 0 Å². The summed E-state index contributed by atoms with van der Waals surface area (Å²) >= 11 is 12.1. The van der Waals surface area contributed by atoms with Gasteiger partial charge in [0.25, 0.3) is 0 Å². The van der Waals surface area contributed by atoms with Gasteiger partial charge in [-0.15, -0.1) is 0 Å². The maximum Gasteiger partial charge on any atom is 0.224 e. The van der Waals surface area contributed by atoms with Crippen molar-refractivity contribution in [2.45, 2.75) is 26.0 Å². The van der Waals surface area contributed by atoms with Crippen LogP contribution in [0, 0.1) is 12.7 Å². The number of hydrogen-bond donors (Lipinski definition) is 1. The minimum Gasteiger partial charge on any atom is -0.374 e. The quantitative estimate of drug-likeness (QED) is 0.761. The van der Waals surface area contributed by atoms with Crippen LogP contribution in [-0.4, -0.2) is 43.2 Å². The number of nitrogens with one attached hydrogen (secondary N) is 1. The summed E-state index contributed by atoms with van der Waals surface area (Å²) in [5, 5.41) is 4.01. The standard InChI is InChI=1S/C21H23Cl2FN2O2/c1-14-8-17(24)4-3-16(14)10-21(27)25-11-18-13-26(6-7-28-18)12-15-2-5-19(22)20(23)9-15/h2-5,8-9,18H,6-7,10-13H2,1H3,(H,25,27). The van der Waals surface area contributed by atoms with Crippen molar-refractivity contribution in [3.8, 4) is 0 Å². The molecule has 1 unspecified atom stereocenters. The molecule has 28 heavy (non-hydrogen) atoms. The number of benzene rings is 2. The highest BCUT2D eigenvalue weighted by atomic mass is 35.5. The molecular formula is C21H23Cl2FN2O2. The van der Waals surface area contributed by atoms with E-state index >= 15 is 0 Å². The lowest BCUT2D eigenvalue weighted by Crippen LogP contribution is -2.47. The second-order valence-corrected chi connectivity index (χ2v) is 7.84. The zero-order valence-corrected chi connectivity index (χ0v) is 17.2. The van der Waals surface area contributed by atoms with E-state index in [1.165, 1.54) is 12.1 Å². The predicted octanol–water partition coefficient (Wildman–Crippen LogP) is 4.00. The van der Waals surface area contributed by atoms with Gasteiger partial charge in [0.2, 0.25) is 5.91 Å². The molecule has 1 aliphatic rings. The Labute approximate surface area is 174 Å². The van der Waals surface area contributed by atoms with Crippen molar-refractivity contribution >= 4 is 29.1 Å². The molecule has 1 saturated heterocycles. The highest BCUT2D eigenvalue weighted by molar-refractivity contribution is 6.42. The number of nitrogens with zero attached hydrogens (tertiary/aromatic N) is 1. The van der Waals surface area contributed by atoms with Crippen molar-refractivity contribution in [1.29, 1.82) is 0 Å². The van der Waals surface area contributed by atoms with Gasteiger partial charge in [-0.2, -0.15) is 0 Å². The van der Waals surface area contributed by atoms with E-state index in [-0.39, 0.29) is 24.2 Å². The van der Waals surface area contributed by atoms with Crippen LogP contribution in [0.4, 0.5) is 4.39 Å². The van der Waals surface area contributed by atoms with Crippen molar-refractivity contribution in [3.05, 3.63) is 69.0 Å². The molecule has 1 atom stereocenters. The second-order valence-electron chi connectivity index (χ2n) is 7.03. The summed E-state index contributed by atoms with van der Waals surface area (Å²) in [6, 6.07) is 10.1. The first-order valence-corrected chi connectivity index (χ1v) is 9.96. The van der Waals surface area contributed by atoms with Crippen molar-refractivity contribution in [3.63, 3.8) is 0 Å². The van der Waals surface area contributed by atoms with Crippen LogP contribution in [0.25, 0.3) is 0 Å². The summed E-state index contributed by atoms with van der Waals surface area (Å²) in [6.07, 6.45) is 0.154. The highest BCUT2D eigenvalue weighted by Crippen LogP contribution is 2.23. The number of morpholine rings is 1. The molecule has 7 heteroatoms. The predicted molar refractivity (Wildman–Crippen MR) is 109 cm³/mol. The van der Waals surface area contributed by atoms with Gasteiger partial charge in [0.05, 0.1) is 29.2 Å². The molecule has 3 rings (SSSR count). The summed E-state index contributed by atoms with van der Waals surface area (Å²) in [4.78, 5) is 14.5. The number of halogens is 3. The molecule has 2 aromatic rings. The van der Waals surface area contributed by atoms with E-state index in [2.05, 4.69) is 10.2 Å². The summed E-state index contributed by atoms with van der Waals surface area (Å²) in [7, 11) is 0. The Morgan fingerprint density at radius 2 is 2.07 bits per heavy atom. The first kappa shape index (κ1) is 21.1. The van der Waals surface area contributed by atoms with Gasteiger partial charge in [0, 0.05) is 26.2 Å². The van der Waals surface area contributed by atoms with Crippen molar-refractivity contribution in [2.24, 2.45) is 0 Å². The topological polar surface area (TPSA) is 41.6 Å². The van der Waals surface area contributed by atoms with Crippen LogP contribution in [0.3, 0.4) is 0 Å². The molecule has 0 saturated carbocycles. The molecule has 1 amide bonds. The van der Waals surface area contributed by atoms with E-state index in [4.69, 9.17) is 27.9 Å². The number of rotatable bonds is 6. The van der Waals surface area contributed by atoms with Gasteiger partial charge in [-0.05, 0) is 47.9 Å². The molecule has 0 spiro atoms. The lowest BCUT2D eigenvalue weighted by atomic mass is 10.1. The Morgan fingerprint density at radius 1 is 1.25 bits per heavy atom. The van der Waals surface area contributed by atoms with Crippen LogP contribution in [-0.2, 0) is 22.5 Å². The number of ether oxygens (including phenoxy) is 1. The summed E-state index contributed by atoms with van der Waals surface area (Å²) in [5.41, 5.74) is 2.69. The minimum absolute atomic E-state index is 0.0743. The number of carbonyl (C=O) groups is 1.